The Bertz CT molecular complexity index is 692. The highest BCUT2D eigenvalue weighted by Crippen LogP contribution is 2.44. The maximum atomic E-state index is 14.3. The van der Waals surface area contributed by atoms with Crippen molar-refractivity contribution in [2.24, 2.45) is 11.3 Å². The molecule has 3 heterocycles. The van der Waals surface area contributed by atoms with E-state index in [0.29, 0.717) is 32.2 Å². The summed E-state index contributed by atoms with van der Waals surface area (Å²) in [5.74, 6) is -4.37. The van der Waals surface area contributed by atoms with Gasteiger partial charge >= 0.3 is 0 Å². The van der Waals surface area contributed by atoms with Crippen LogP contribution in [0.15, 0.2) is 0 Å². The summed E-state index contributed by atoms with van der Waals surface area (Å²) >= 11 is 0. The van der Waals surface area contributed by atoms with E-state index < -0.39 is 52.1 Å². The van der Waals surface area contributed by atoms with Gasteiger partial charge in [0, 0.05) is 38.5 Å². The highest BCUT2D eigenvalue weighted by Gasteiger charge is 2.55. The Morgan fingerprint density at radius 2 is 1.88 bits per heavy atom. The van der Waals surface area contributed by atoms with Gasteiger partial charge in [-0.3, -0.25) is 9.59 Å². The molecule has 0 aromatic rings. The lowest BCUT2D eigenvalue weighted by molar-refractivity contribution is -0.169. The lowest BCUT2D eigenvalue weighted by atomic mass is 9.72. The predicted octanol–water partition coefficient (Wildman–Crippen LogP) is 0.422. The molecule has 148 valence electrons. The zero-order valence-electron chi connectivity index (χ0n) is 14.8. The van der Waals surface area contributed by atoms with Crippen LogP contribution in [0.2, 0.25) is 0 Å². The van der Waals surface area contributed by atoms with E-state index in [1.807, 2.05) is 0 Å². The fourth-order valence-electron chi connectivity index (χ4n) is 4.41. The van der Waals surface area contributed by atoms with Crippen LogP contribution in [0.5, 0.6) is 0 Å². The molecule has 7 nitrogen and oxygen atoms in total. The molecule has 2 amide bonds. The van der Waals surface area contributed by atoms with Crippen molar-refractivity contribution in [2.75, 3.05) is 39.0 Å². The summed E-state index contributed by atoms with van der Waals surface area (Å²) in [6, 6.07) is 0. The van der Waals surface area contributed by atoms with E-state index in [9.17, 15) is 26.8 Å². The van der Waals surface area contributed by atoms with Crippen molar-refractivity contribution < 1.29 is 26.8 Å². The van der Waals surface area contributed by atoms with Gasteiger partial charge in [0.15, 0.2) is 0 Å². The van der Waals surface area contributed by atoms with Crippen LogP contribution in [0.4, 0.5) is 8.78 Å². The van der Waals surface area contributed by atoms with Gasteiger partial charge in [0.25, 0.3) is 5.92 Å². The molecule has 3 fully saturated rings. The summed E-state index contributed by atoms with van der Waals surface area (Å²) in [5, 5.41) is 2.66. The molecule has 0 saturated carbocycles. The number of hydrogen-bond acceptors (Lipinski definition) is 4. The van der Waals surface area contributed by atoms with Crippen LogP contribution >= 0.6 is 0 Å². The lowest BCUT2D eigenvalue weighted by Gasteiger charge is -2.47. The van der Waals surface area contributed by atoms with Gasteiger partial charge in [-0.1, -0.05) is 0 Å². The molecule has 1 unspecified atom stereocenters. The molecule has 3 rings (SSSR count). The van der Waals surface area contributed by atoms with Crippen molar-refractivity contribution in [1.82, 2.24) is 14.5 Å². The number of hydrogen-bond donors (Lipinski definition) is 1. The summed E-state index contributed by atoms with van der Waals surface area (Å²) in [4.78, 5) is 26.3. The van der Waals surface area contributed by atoms with Gasteiger partial charge in [-0.05, 0) is 25.7 Å². The van der Waals surface area contributed by atoms with Crippen LogP contribution in [-0.2, 0) is 19.6 Å². The first-order chi connectivity index (χ1) is 12.0. The maximum Gasteiger partial charge on any atom is 0.266 e. The van der Waals surface area contributed by atoms with E-state index in [-0.39, 0.29) is 19.6 Å². The minimum Gasteiger partial charge on any atom is -0.356 e. The zero-order chi connectivity index (χ0) is 19.2. The molecule has 1 N–H and O–H groups in total. The highest BCUT2D eigenvalue weighted by molar-refractivity contribution is 7.88. The van der Waals surface area contributed by atoms with Crippen molar-refractivity contribution in [3.05, 3.63) is 0 Å². The highest BCUT2D eigenvalue weighted by atomic mass is 32.2. The Labute approximate surface area is 152 Å². The molecular weight excluding hydrogens is 368 g/mol. The van der Waals surface area contributed by atoms with E-state index in [0.717, 1.165) is 11.2 Å². The van der Waals surface area contributed by atoms with Crippen LogP contribution in [-0.4, -0.2) is 74.3 Å². The van der Waals surface area contributed by atoms with Gasteiger partial charge in [0.1, 0.15) is 0 Å². The summed E-state index contributed by atoms with van der Waals surface area (Å²) in [6.45, 7) is 0.243. The van der Waals surface area contributed by atoms with Crippen molar-refractivity contribution in [3.8, 4) is 0 Å². The van der Waals surface area contributed by atoms with Crippen LogP contribution in [0.1, 0.15) is 32.1 Å². The van der Waals surface area contributed by atoms with Gasteiger partial charge in [-0.2, -0.15) is 0 Å². The minimum atomic E-state index is -3.31. The van der Waals surface area contributed by atoms with Gasteiger partial charge in [0.2, 0.25) is 21.8 Å². The molecule has 3 aliphatic rings. The van der Waals surface area contributed by atoms with E-state index >= 15 is 0 Å². The van der Waals surface area contributed by atoms with Crippen LogP contribution in [0, 0.1) is 11.3 Å². The number of carbonyl (C=O) groups is 2. The number of piperidine rings is 3. The molecule has 3 aliphatic heterocycles. The number of amides is 2. The summed E-state index contributed by atoms with van der Waals surface area (Å²) in [6.07, 6.45) is 2.19. The third kappa shape index (κ3) is 3.85. The van der Waals surface area contributed by atoms with Gasteiger partial charge in [-0.15, -0.1) is 0 Å². The first kappa shape index (κ1) is 19.5. The van der Waals surface area contributed by atoms with Crippen molar-refractivity contribution >= 4 is 21.8 Å². The summed E-state index contributed by atoms with van der Waals surface area (Å²) in [7, 11) is -3.31. The third-order valence-corrected chi connectivity index (χ3v) is 7.00. The molecule has 0 bridgehead atoms. The second kappa shape index (κ2) is 6.70. The fraction of sp³-hybridized carbons (Fsp3) is 0.875. The standard InChI is InChI=1S/C16H25F2N3O4S/c1-26(24,25)21-7-3-12(4-8-21)13(22)20-10-15(9-16(17,18)11-20)5-2-6-19-14(15)23/h12H,2-11H2,1H3,(H,19,23). The molecule has 0 radical (unpaired) electrons. The van der Waals surface area contributed by atoms with Gasteiger partial charge in [0.05, 0.1) is 18.2 Å². The number of nitrogens with zero attached hydrogens (tertiary/aromatic N) is 2. The maximum absolute atomic E-state index is 14.3. The Morgan fingerprint density at radius 1 is 1.23 bits per heavy atom. The van der Waals surface area contributed by atoms with E-state index in [2.05, 4.69) is 5.32 Å². The average Bonchev–Trinajstić information content (AvgIpc) is 2.55. The SMILES string of the molecule is CS(=O)(=O)N1CCC(C(=O)N2CC(F)(F)CC3(CCCNC3=O)C2)CC1. The van der Waals surface area contributed by atoms with E-state index in [4.69, 9.17) is 0 Å². The number of halogens is 2. The Hall–Kier alpha value is -1.29. The second-order valence-corrected chi connectivity index (χ2v) is 9.79. The lowest BCUT2D eigenvalue weighted by Crippen LogP contribution is -2.62. The molecular formula is C16H25F2N3O4S. The van der Waals surface area contributed by atoms with Crippen molar-refractivity contribution in [3.63, 3.8) is 0 Å². The van der Waals surface area contributed by atoms with E-state index in [1.165, 1.54) is 4.31 Å². The molecule has 0 aromatic heterocycles. The number of sulfonamides is 1. The number of nitrogens with one attached hydrogen (secondary N) is 1. The van der Waals surface area contributed by atoms with Gasteiger partial charge < -0.3 is 10.2 Å². The topological polar surface area (TPSA) is 86.8 Å². The molecule has 10 heteroatoms. The first-order valence-electron chi connectivity index (χ1n) is 8.93. The quantitative estimate of drug-likeness (QED) is 0.737. The fourth-order valence-corrected chi connectivity index (χ4v) is 5.28. The smallest absolute Gasteiger partial charge is 0.266 e. The predicted molar refractivity (Wildman–Crippen MR) is 90.0 cm³/mol. The van der Waals surface area contributed by atoms with Crippen molar-refractivity contribution in [2.45, 2.75) is 38.0 Å². The molecule has 1 spiro atoms. The number of carbonyl (C=O) groups excluding carboxylic acids is 2. The second-order valence-electron chi connectivity index (χ2n) is 7.80. The third-order valence-electron chi connectivity index (χ3n) is 5.70. The first-order valence-corrected chi connectivity index (χ1v) is 10.8. The Balaban J connectivity index is 1.72. The van der Waals surface area contributed by atoms with Crippen LogP contribution in [0.3, 0.4) is 0 Å². The number of alkyl halides is 2. The molecule has 3 saturated heterocycles. The van der Waals surface area contributed by atoms with Crippen LogP contribution < -0.4 is 5.32 Å². The molecule has 0 aromatic carbocycles. The van der Waals surface area contributed by atoms with E-state index in [1.54, 1.807) is 0 Å². The zero-order valence-corrected chi connectivity index (χ0v) is 15.7. The Morgan fingerprint density at radius 3 is 2.46 bits per heavy atom. The normalized spacial score (nSPS) is 31.0. The molecule has 26 heavy (non-hydrogen) atoms. The molecule has 0 aliphatic carbocycles. The summed E-state index contributed by atoms with van der Waals surface area (Å²) < 4.78 is 53.1. The van der Waals surface area contributed by atoms with Crippen molar-refractivity contribution in [1.29, 1.82) is 0 Å². The number of likely N-dealkylation sites (tertiary alicyclic amines) is 1. The van der Waals surface area contributed by atoms with Gasteiger partial charge in [-0.25, -0.2) is 21.5 Å². The largest absolute Gasteiger partial charge is 0.356 e. The van der Waals surface area contributed by atoms with Crippen LogP contribution in [0.25, 0.3) is 0 Å². The Kier molecular flexibility index (Phi) is 5.02. The number of rotatable bonds is 2. The molecule has 1 atom stereocenters. The average molecular weight is 393 g/mol. The minimum absolute atomic E-state index is 0.0134. The monoisotopic (exact) mass is 393 g/mol. The summed E-state index contributed by atoms with van der Waals surface area (Å²) in [5.41, 5.74) is -1.22.